The van der Waals surface area contributed by atoms with Crippen LogP contribution in [0.3, 0.4) is 0 Å². The lowest BCUT2D eigenvalue weighted by atomic mass is 10.3. The summed E-state index contributed by atoms with van der Waals surface area (Å²) in [6, 6.07) is 6.55. The lowest BCUT2D eigenvalue weighted by Gasteiger charge is -2.05. The molecule has 0 aromatic carbocycles. The number of hydrogen-bond donors (Lipinski definition) is 4. The van der Waals surface area contributed by atoms with Crippen molar-refractivity contribution in [2.75, 3.05) is 11.1 Å². The molecule has 9 nitrogen and oxygen atoms in total. The molecule has 0 bridgehead atoms. The number of anilines is 3. The number of aromatic nitrogens is 4. The molecule has 0 unspecified atom stereocenters. The summed E-state index contributed by atoms with van der Waals surface area (Å²) in [5.74, 6) is 2.26. The van der Waals surface area contributed by atoms with Crippen LogP contribution in [0, 0.1) is 0 Å². The van der Waals surface area contributed by atoms with Crippen LogP contribution in [0.15, 0.2) is 28.5 Å². The Morgan fingerprint density at radius 3 is 2.72 bits per heavy atom. The van der Waals surface area contributed by atoms with Crippen LogP contribution >= 0.6 is 11.3 Å². The van der Waals surface area contributed by atoms with Crippen LogP contribution in [0.25, 0.3) is 10.7 Å². The monoisotopic (exact) mass is 389 g/mol. The van der Waals surface area contributed by atoms with Gasteiger partial charge in [0, 0.05) is 32.3 Å². The van der Waals surface area contributed by atoms with E-state index in [1.54, 1.807) is 12.1 Å². The molecular formula is C14H27N7O2S2. The van der Waals surface area contributed by atoms with Crippen LogP contribution in [0.4, 0.5) is 17.5 Å². The lowest BCUT2D eigenvalue weighted by Crippen LogP contribution is -2.09. The molecule has 6 N–H and O–H groups in total. The third kappa shape index (κ3) is 3.48. The predicted molar refractivity (Wildman–Crippen MR) is 108 cm³/mol. The third-order valence-corrected chi connectivity index (χ3v) is 6.22. The molecule has 1 aliphatic carbocycles. The van der Waals surface area contributed by atoms with Crippen LogP contribution in [0.1, 0.15) is 33.0 Å². The fraction of sp³-hybridized carbons (Fsp3) is 0.214. The van der Waals surface area contributed by atoms with Crippen molar-refractivity contribution in [3.63, 3.8) is 0 Å². The lowest BCUT2D eigenvalue weighted by molar-refractivity contribution is 0.600. The maximum atomic E-state index is 11.4. The van der Waals surface area contributed by atoms with Crippen LogP contribution in [0.2, 0.25) is 0 Å². The van der Waals surface area contributed by atoms with Crippen LogP contribution in [-0.2, 0) is 10.0 Å². The van der Waals surface area contributed by atoms with E-state index < -0.39 is 10.0 Å². The van der Waals surface area contributed by atoms with Gasteiger partial charge in [-0.25, -0.2) is 23.5 Å². The van der Waals surface area contributed by atoms with Crippen molar-refractivity contribution in [2.45, 2.75) is 23.0 Å². The highest BCUT2D eigenvalue weighted by Gasteiger charge is 2.25. The number of nitrogens with one attached hydrogen (secondary N) is 2. The number of nitrogen functional groups attached to an aromatic ring is 1. The maximum Gasteiger partial charge on any atom is 0.247 e. The van der Waals surface area contributed by atoms with Gasteiger partial charge in [-0.15, -0.1) is 11.3 Å². The number of thiophene rings is 1. The van der Waals surface area contributed by atoms with Crippen molar-refractivity contribution in [3.8, 4) is 10.7 Å². The predicted octanol–water partition coefficient (Wildman–Crippen LogP) is 3.25. The van der Waals surface area contributed by atoms with Crippen molar-refractivity contribution >= 4 is 38.8 Å². The summed E-state index contributed by atoms with van der Waals surface area (Å²) in [5, 5.41) is 15.4. The van der Waals surface area contributed by atoms with Gasteiger partial charge in [0.2, 0.25) is 10.0 Å². The summed E-state index contributed by atoms with van der Waals surface area (Å²) in [5.41, 5.74) is 6.95. The summed E-state index contributed by atoms with van der Waals surface area (Å²) in [4.78, 5) is 9.10. The second kappa shape index (κ2) is 5.79. The SMILES string of the molecule is Nc1cc(Nc2cc(C3CC3)[nH]n2)nc(-c2ccc(S(N)(=O)=O)s2)n1.[HH].[HH].[HH].[HH].[HH].[HH]. The van der Waals surface area contributed by atoms with E-state index in [1.807, 2.05) is 6.07 Å². The molecule has 0 amide bonds. The van der Waals surface area contributed by atoms with E-state index in [1.165, 1.54) is 18.9 Å². The summed E-state index contributed by atoms with van der Waals surface area (Å²) in [6.45, 7) is 0. The molecule has 3 aromatic heterocycles. The zero-order valence-corrected chi connectivity index (χ0v) is 14.6. The molecule has 142 valence electrons. The van der Waals surface area contributed by atoms with Gasteiger partial charge < -0.3 is 11.1 Å². The quantitative estimate of drug-likeness (QED) is 0.522. The Hall–Kier alpha value is -2.50. The maximum absolute atomic E-state index is 11.4. The molecule has 0 saturated heterocycles. The van der Waals surface area contributed by atoms with Gasteiger partial charge >= 0.3 is 0 Å². The summed E-state index contributed by atoms with van der Waals surface area (Å²) in [7, 11) is -3.76. The van der Waals surface area contributed by atoms with Crippen molar-refractivity contribution < 1.29 is 17.0 Å². The fourth-order valence-electron chi connectivity index (χ4n) is 2.37. The van der Waals surface area contributed by atoms with Crippen LogP contribution in [0.5, 0.6) is 0 Å². The Kier molecular flexibility index (Phi) is 3.71. The number of hydrogen-bond acceptors (Lipinski definition) is 8. The summed E-state index contributed by atoms with van der Waals surface area (Å²) >= 11 is 0.990. The van der Waals surface area contributed by atoms with E-state index in [-0.39, 0.29) is 18.6 Å². The number of sulfonamides is 1. The zero-order valence-electron chi connectivity index (χ0n) is 12.9. The van der Waals surface area contributed by atoms with Gasteiger partial charge in [0.25, 0.3) is 0 Å². The Morgan fingerprint density at radius 2 is 2.04 bits per heavy atom. The first-order valence-electron chi connectivity index (χ1n) is 7.48. The minimum absolute atomic E-state index is 0. The molecule has 0 spiro atoms. The Labute approximate surface area is 156 Å². The largest absolute Gasteiger partial charge is 0.384 e. The molecule has 3 heterocycles. The minimum atomic E-state index is -3.76. The van der Waals surface area contributed by atoms with Crippen LogP contribution in [-0.4, -0.2) is 28.6 Å². The van der Waals surface area contributed by atoms with Gasteiger partial charge in [0.05, 0.1) is 4.88 Å². The molecule has 11 heteroatoms. The van der Waals surface area contributed by atoms with E-state index in [0.29, 0.717) is 28.3 Å². The van der Waals surface area contributed by atoms with Gasteiger partial charge in [-0.05, 0) is 25.0 Å². The number of nitrogens with two attached hydrogens (primary N) is 2. The van der Waals surface area contributed by atoms with Crippen LogP contribution < -0.4 is 16.2 Å². The number of rotatable bonds is 5. The standard InChI is InChI=1S/C14H15N7O2S2.6H2/c15-10-6-11(18-12-5-8(20-21-12)7-1-2-7)19-14(17-10)9-3-4-13(24-9)25(16,22)23;;;;;;/h3-7H,1-2H2,(H2,16,22,23)(H4,15,17,18,19,20,21);6*1H. The number of primary sulfonamides is 1. The molecule has 3 aromatic rings. The minimum Gasteiger partial charge on any atom is -0.384 e. The van der Waals surface area contributed by atoms with Gasteiger partial charge in [0.15, 0.2) is 11.6 Å². The van der Waals surface area contributed by atoms with Crippen molar-refractivity contribution in [3.05, 3.63) is 30.0 Å². The van der Waals surface area contributed by atoms with E-state index in [0.717, 1.165) is 17.0 Å². The Balaban J connectivity index is -0.00000131. The van der Waals surface area contributed by atoms with Crippen molar-refractivity contribution in [1.29, 1.82) is 0 Å². The number of H-pyrrole nitrogens is 1. The van der Waals surface area contributed by atoms with E-state index >= 15 is 0 Å². The van der Waals surface area contributed by atoms with Gasteiger partial charge in [-0.2, -0.15) is 5.10 Å². The van der Waals surface area contributed by atoms with Gasteiger partial charge in [-0.3, -0.25) is 5.10 Å². The second-order valence-electron chi connectivity index (χ2n) is 5.77. The topological polar surface area (TPSA) is 153 Å². The highest BCUT2D eigenvalue weighted by Crippen LogP contribution is 2.39. The highest BCUT2D eigenvalue weighted by molar-refractivity contribution is 7.91. The Bertz CT molecular complexity index is 1060. The summed E-state index contributed by atoms with van der Waals surface area (Å²) in [6.07, 6.45) is 2.36. The first kappa shape index (κ1) is 16.0. The molecule has 1 fully saturated rings. The van der Waals surface area contributed by atoms with Crippen molar-refractivity contribution in [2.24, 2.45) is 5.14 Å². The van der Waals surface area contributed by atoms with E-state index in [2.05, 4.69) is 25.5 Å². The van der Waals surface area contributed by atoms with Gasteiger partial charge in [0.1, 0.15) is 15.8 Å². The number of nitrogens with zero attached hydrogens (tertiary/aromatic N) is 3. The molecule has 1 saturated carbocycles. The molecular weight excluding hydrogens is 362 g/mol. The average Bonchev–Trinajstić information content (AvgIpc) is 3.07. The van der Waals surface area contributed by atoms with E-state index in [9.17, 15) is 8.42 Å². The first-order valence-corrected chi connectivity index (χ1v) is 9.85. The normalized spacial score (nSPS) is 14.6. The molecule has 25 heavy (non-hydrogen) atoms. The zero-order chi connectivity index (χ0) is 17.6. The first-order chi connectivity index (χ1) is 11.9. The summed E-state index contributed by atoms with van der Waals surface area (Å²) < 4.78 is 22.9. The smallest absolute Gasteiger partial charge is 0.247 e. The van der Waals surface area contributed by atoms with E-state index in [4.69, 9.17) is 10.9 Å². The molecule has 0 aliphatic heterocycles. The Morgan fingerprint density at radius 1 is 1.24 bits per heavy atom. The van der Waals surface area contributed by atoms with Crippen molar-refractivity contribution in [1.82, 2.24) is 20.2 Å². The molecule has 4 rings (SSSR count). The second-order valence-corrected chi connectivity index (χ2v) is 8.65. The molecule has 1 aliphatic rings. The average molecular weight is 390 g/mol. The van der Waals surface area contributed by atoms with Gasteiger partial charge in [-0.1, -0.05) is 0 Å². The molecule has 0 atom stereocenters. The molecule has 0 radical (unpaired) electrons. The number of aromatic amines is 1. The highest BCUT2D eigenvalue weighted by atomic mass is 32.2. The third-order valence-electron chi connectivity index (χ3n) is 3.70. The fourth-order valence-corrected chi connectivity index (χ4v) is 4.03.